The van der Waals surface area contributed by atoms with Crippen LogP contribution in [0.5, 0.6) is 0 Å². The van der Waals surface area contributed by atoms with E-state index in [4.69, 9.17) is 0 Å². The summed E-state index contributed by atoms with van der Waals surface area (Å²) in [5, 5.41) is 17.0. The van der Waals surface area contributed by atoms with E-state index in [0.717, 1.165) is 37.1 Å². The third kappa shape index (κ3) is 3.56. The second kappa shape index (κ2) is 7.35. The Morgan fingerprint density at radius 3 is 2.88 bits per heavy atom. The summed E-state index contributed by atoms with van der Waals surface area (Å²) < 4.78 is 0. The second-order valence-corrected chi connectivity index (χ2v) is 6.43. The van der Waals surface area contributed by atoms with E-state index in [1.54, 1.807) is 0 Å². The third-order valence-electron chi connectivity index (χ3n) is 4.67. The van der Waals surface area contributed by atoms with E-state index in [2.05, 4.69) is 38.1 Å². The maximum atomic E-state index is 12.8. The first kappa shape index (κ1) is 16.3. The molecule has 2 heterocycles. The summed E-state index contributed by atoms with van der Waals surface area (Å²) in [5.74, 6) is 0.504. The van der Waals surface area contributed by atoms with Crippen molar-refractivity contribution in [2.45, 2.75) is 25.3 Å². The summed E-state index contributed by atoms with van der Waals surface area (Å²) in [7, 11) is 0. The summed E-state index contributed by atoms with van der Waals surface area (Å²) in [6, 6.07) is 18.0. The Labute approximate surface area is 151 Å². The number of aromatic nitrogens is 4. The largest absolute Gasteiger partial charge is 0.322 e. The number of hydrogen-bond acceptors (Lipinski definition) is 4. The van der Waals surface area contributed by atoms with Crippen molar-refractivity contribution in [2.24, 2.45) is 0 Å². The van der Waals surface area contributed by atoms with Crippen molar-refractivity contribution in [3.05, 3.63) is 60.2 Å². The number of amides is 2. The summed E-state index contributed by atoms with van der Waals surface area (Å²) in [4.78, 5) is 14.7. The Morgan fingerprint density at radius 2 is 2.08 bits per heavy atom. The van der Waals surface area contributed by atoms with Crippen molar-refractivity contribution in [3.8, 4) is 11.4 Å². The predicted octanol–water partition coefficient (Wildman–Crippen LogP) is 3.11. The van der Waals surface area contributed by atoms with Crippen LogP contribution in [-0.2, 0) is 6.42 Å². The molecule has 0 spiro atoms. The molecule has 1 aromatic heterocycles. The van der Waals surface area contributed by atoms with Gasteiger partial charge in [0.05, 0.1) is 0 Å². The lowest BCUT2D eigenvalue weighted by Gasteiger charge is -2.25. The maximum absolute atomic E-state index is 12.8. The van der Waals surface area contributed by atoms with Crippen LogP contribution >= 0.6 is 0 Å². The molecule has 7 heteroatoms. The second-order valence-electron chi connectivity index (χ2n) is 6.43. The van der Waals surface area contributed by atoms with Gasteiger partial charge >= 0.3 is 6.03 Å². The van der Waals surface area contributed by atoms with E-state index in [9.17, 15) is 4.79 Å². The molecular formula is C19H20N6O. The molecule has 0 saturated carbocycles. The van der Waals surface area contributed by atoms with Gasteiger partial charge in [0, 0.05) is 23.8 Å². The average Bonchev–Trinajstić information content (AvgIpc) is 3.35. The third-order valence-corrected chi connectivity index (χ3v) is 4.67. The number of anilines is 1. The highest BCUT2D eigenvalue weighted by atomic mass is 16.2. The molecule has 1 atom stereocenters. The number of nitrogens with zero attached hydrogens (tertiary/aromatic N) is 4. The van der Waals surface area contributed by atoms with Crippen LogP contribution in [0, 0.1) is 0 Å². The van der Waals surface area contributed by atoms with E-state index >= 15 is 0 Å². The smallest absolute Gasteiger partial charge is 0.321 e. The summed E-state index contributed by atoms with van der Waals surface area (Å²) in [6.45, 7) is 0.786. The molecule has 1 unspecified atom stereocenters. The highest BCUT2D eigenvalue weighted by Gasteiger charge is 2.28. The molecule has 1 aliphatic heterocycles. The molecule has 0 bridgehead atoms. The average molecular weight is 348 g/mol. The number of aromatic amines is 1. The lowest BCUT2D eigenvalue weighted by atomic mass is 10.0. The number of likely N-dealkylation sites (tertiary alicyclic amines) is 1. The van der Waals surface area contributed by atoms with Crippen LogP contribution in [0.4, 0.5) is 10.5 Å². The summed E-state index contributed by atoms with van der Waals surface area (Å²) in [5.41, 5.74) is 2.79. The molecule has 3 aromatic rings. The quantitative estimate of drug-likeness (QED) is 0.758. The van der Waals surface area contributed by atoms with Crippen molar-refractivity contribution in [1.29, 1.82) is 0 Å². The first-order chi connectivity index (χ1) is 12.8. The monoisotopic (exact) mass is 348 g/mol. The number of urea groups is 1. The number of benzene rings is 2. The van der Waals surface area contributed by atoms with Gasteiger partial charge in [-0.15, -0.1) is 10.2 Å². The van der Waals surface area contributed by atoms with Crippen molar-refractivity contribution < 1.29 is 4.79 Å². The molecule has 132 valence electrons. The van der Waals surface area contributed by atoms with Gasteiger partial charge in [0.25, 0.3) is 0 Å². The van der Waals surface area contributed by atoms with Crippen molar-refractivity contribution >= 4 is 11.7 Å². The number of tetrazole rings is 1. The fraction of sp³-hybridized carbons (Fsp3) is 0.263. The van der Waals surface area contributed by atoms with Crippen molar-refractivity contribution in [3.63, 3.8) is 0 Å². The van der Waals surface area contributed by atoms with Gasteiger partial charge in [-0.25, -0.2) is 4.79 Å². The van der Waals surface area contributed by atoms with Crippen LogP contribution in [0.3, 0.4) is 0 Å². The van der Waals surface area contributed by atoms with Crippen LogP contribution in [-0.4, -0.2) is 44.1 Å². The van der Waals surface area contributed by atoms with E-state index in [1.807, 2.05) is 47.4 Å². The lowest BCUT2D eigenvalue weighted by Crippen LogP contribution is -2.39. The molecular weight excluding hydrogens is 328 g/mol. The lowest BCUT2D eigenvalue weighted by molar-refractivity contribution is 0.206. The van der Waals surface area contributed by atoms with Crippen LogP contribution in [0.15, 0.2) is 54.6 Å². The van der Waals surface area contributed by atoms with Gasteiger partial charge < -0.3 is 10.2 Å². The molecule has 2 N–H and O–H groups in total. The number of carbonyl (C=O) groups excluding carboxylic acids is 1. The zero-order valence-electron chi connectivity index (χ0n) is 14.3. The Balaban J connectivity index is 1.45. The zero-order valence-corrected chi connectivity index (χ0v) is 14.3. The molecule has 4 rings (SSSR count). The number of nitrogens with one attached hydrogen (secondary N) is 2. The maximum Gasteiger partial charge on any atom is 0.322 e. The Kier molecular flexibility index (Phi) is 4.59. The first-order valence-electron chi connectivity index (χ1n) is 8.75. The Morgan fingerprint density at radius 1 is 1.19 bits per heavy atom. The minimum Gasteiger partial charge on any atom is -0.321 e. The molecule has 2 amide bonds. The molecule has 7 nitrogen and oxygen atoms in total. The minimum atomic E-state index is -0.0614. The SMILES string of the molecule is O=C(Nc1cccc(-c2nn[nH]n2)c1)N1CCCC1Cc1ccccc1. The van der Waals surface area contributed by atoms with Crippen LogP contribution in [0.1, 0.15) is 18.4 Å². The Hall–Kier alpha value is -3.22. The van der Waals surface area contributed by atoms with Gasteiger partial charge in [0.2, 0.25) is 5.82 Å². The van der Waals surface area contributed by atoms with Crippen molar-refractivity contribution in [1.82, 2.24) is 25.5 Å². The van der Waals surface area contributed by atoms with Gasteiger partial charge in [0.1, 0.15) is 0 Å². The highest BCUT2D eigenvalue weighted by Crippen LogP contribution is 2.23. The van der Waals surface area contributed by atoms with E-state index in [-0.39, 0.29) is 12.1 Å². The first-order valence-corrected chi connectivity index (χ1v) is 8.75. The standard InChI is InChI=1S/C19H20N6O/c26-19(20-16-9-4-8-15(13-16)18-21-23-24-22-18)25-11-5-10-17(25)12-14-6-2-1-3-7-14/h1-4,6-9,13,17H,5,10-12H2,(H,20,26)(H,21,22,23,24). The topological polar surface area (TPSA) is 86.8 Å². The number of rotatable bonds is 4. The van der Waals surface area contributed by atoms with Crippen LogP contribution < -0.4 is 5.32 Å². The van der Waals surface area contributed by atoms with E-state index in [0.29, 0.717) is 5.82 Å². The molecule has 26 heavy (non-hydrogen) atoms. The minimum absolute atomic E-state index is 0.0614. The summed E-state index contributed by atoms with van der Waals surface area (Å²) in [6.07, 6.45) is 2.95. The Bertz CT molecular complexity index is 865. The van der Waals surface area contributed by atoms with Crippen LogP contribution in [0.25, 0.3) is 11.4 Å². The molecule has 0 radical (unpaired) electrons. The van der Waals surface area contributed by atoms with Gasteiger partial charge in [0.15, 0.2) is 0 Å². The van der Waals surface area contributed by atoms with Gasteiger partial charge in [-0.1, -0.05) is 42.5 Å². The molecule has 1 aliphatic rings. The number of H-pyrrole nitrogens is 1. The highest BCUT2D eigenvalue weighted by molar-refractivity contribution is 5.90. The molecule has 0 aliphatic carbocycles. The molecule has 1 saturated heterocycles. The van der Waals surface area contributed by atoms with Crippen molar-refractivity contribution in [2.75, 3.05) is 11.9 Å². The number of hydrogen-bond donors (Lipinski definition) is 2. The normalized spacial score (nSPS) is 16.6. The zero-order chi connectivity index (χ0) is 17.8. The fourth-order valence-corrected chi connectivity index (χ4v) is 3.42. The van der Waals surface area contributed by atoms with Gasteiger partial charge in [-0.3, -0.25) is 0 Å². The van der Waals surface area contributed by atoms with E-state index in [1.165, 1.54) is 5.56 Å². The number of carbonyl (C=O) groups is 1. The van der Waals surface area contributed by atoms with Gasteiger partial charge in [-0.2, -0.15) is 5.21 Å². The van der Waals surface area contributed by atoms with E-state index < -0.39 is 0 Å². The predicted molar refractivity (Wildman–Crippen MR) is 98.5 cm³/mol. The van der Waals surface area contributed by atoms with Crippen LogP contribution in [0.2, 0.25) is 0 Å². The fourth-order valence-electron chi connectivity index (χ4n) is 3.42. The molecule has 1 fully saturated rings. The molecule has 2 aromatic carbocycles. The van der Waals surface area contributed by atoms with Gasteiger partial charge in [-0.05, 0) is 42.2 Å². The summed E-state index contributed by atoms with van der Waals surface area (Å²) >= 11 is 0.